The van der Waals surface area contributed by atoms with Crippen LogP contribution in [0.1, 0.15) is 0 Å². The molecule has 0 N–H and O–H groups in total. The second-order valence-corrected chi connectivity index (χ2v) is 0. The van der Waals surface area contributed by atoms with E-state index in [-0.39, 0.29) is 68.9 Å². The molecular formula is H6Al2Fe2. The van der Waals surface area contributed by atoms with Gasteiger partial charge in [-0.05, 0) is 0 Å². The van der Waals surface area contributed by atoms with E-state index < -0.39 is 0 Å². The van der Waals surface area contributed by atoms with Crippen LogP contribution in [0.25, 0.3) is 0 Å². The van der Waals surface area contributed by atoms with Crippen LogP contribution in [-0.4, -0.2) is 34.7 Å². The summed E-state index contributed by atoms with van der Waals surface area (Å²) in [6, 6.07) is 0. The zero-order chi connectivity index (χ0) is 0. The maximum atomic E-state index is 0. The predicted octanol–water partition coefficient (Wildman–Crippen LogP) is -2.37. The minimum absolute atomic E-state index is 0. The average Bonchev–Trinajstić information content (AvgIpc) is 0. The Morgan fingerprint density at radius 2 is 0.500 bits per heavy atom. The Morgan fingerprint density at radius 3 is 0.500 bits per heavy atom. The van der Waals surface area contributed by atoms with Gasteiger partial charge in [0.05, 0.1) is 0 Å². The molecule has 0 fully saturated rings. The van der Waals surface area contributed by atoms with Crippen LogP contribution in [0.15, 0.2) is 0 Å². The molecule has 4 heteroatoms. The van der Waals surface area contributed by atoms with E-state index in [1.54, 1.807) is 0 Å². The van der Waals surface area contributed by atoms with Crippen LogP contribution in [0.4, 0.5) is 0 Å². The van der Waals surface area contributed by atoms with Crippen LogP contribution in [0.3, 0.4) is 0 Å². The molecule has 0 saturated carbocycles. The molecule has 0 aliphatic carbocycles. The smallest absolute Gasteiger partial charge is 0 e. The van der Waals surface area contributed by atoms with Crippen molar-refractivity contribution in [2.45, 2.75) is 0 Å². The largest absolute Gasteiger partial charge is 0.187 e. The number of hydrogen-bond acceptors (Lipinski definition) is 0. The molecule has 0 aliphatic heterocycles. The van der Waals surface area contributed by atoms with E-state index in [0.29, 0.717) is 0 Å². The second kappa shape index (κ2) is 19.4. The van der Waals surface area contributed by atoms with E-state index in [4.69, 9.17) is 0 Å². The van der Waals surface area contributed by atoms with Gasteiger partial charge < -0.3 is 0 Å². The van der Waals surface area contributed by atoms with Crippen molar-refractivity contribution in [1.29, 1.82) is 0 Å². The van der Waals surface area contributed by atoms with Crippen LogP contribution >= 0.6 is 0 Å². The summed E-state index contributed by atoms with van der Waals surface area (Å²) in [6.07, 6.45) is 0. The van der Waals surface area contributed by atoms with Gasteiger partial charge in [0.1, 0.15) is 0 Å². The fourth-order valence-electron chi connectivity index (χ4n) is 0. The number of rotatable bonds is 0. The molecule has 0 aromatic heterocycles. The Bertz CT molecular complexity index is 4.00. The molecule has 0 aliphatic rings. The first-order valence-corrected chi connectivity index (χ1v) is 0. The van der Waals surface area contributed by atoms with Gasteiger partial charge in [-0.15, -0.1) is 0 Å². The minimum Gasteiger partial charge on any atom is 0 e. The second-order valence-electron chi connectivity index (χ2n) is 0. The summed E-state index contributed by atoms with van der Waals surface area (Å²) < 4.78 is 0. The molecule has 0 rings (SSSR count). The van der Waals surface area contributed by atoms with Gasteiger partial charge in [0.15, 0.2) is 34.7 Å². The van der Waals surface area contributed by atoms with Gasteiger partial charge >= 0.3 is 0 Å². The van der Waals surface area contributed by atoms with Gasteiger partial charge in [0.2, 0.25) is 0 Å². The van der Waals surface area contributed by atoms with E-state index >= 15 is 0 Å². The Balaban J connectivity index is 0. The van der Waals surface area contributed by atoms with E-state index in [1.165, 1.54) is 0 Å². The maximum absolute atomic E-state index is 0. The first-order valence-electron chi connectivity index (χ1n) is 0. The van der Waals surface area contributed by atoms with Gasteiger partial charge in [-0.3, -0.25) is 0 Å². The molecule has 0 spiro atoms. The Kier molecular flexibility index (Phi) is 174. The van der Waals surface area contributed by atoms with E-state index in [1.807, 2.05) is 0 Å². The monoisotopic (exact) mass is 172 g/mol. The number of hydrogen-bond donors (Lipinski definition) is 0. The van der Waals surface area contributed by atoms with E-state index in [9.17, 15) is 0 Å². The van der Waals surface area contributed by atoms with Crippen LogP contribution in [-0.2, 0) is 34.1 Å². The van der Waals surface area contributed by atoms with Crippen LogP contribution in [0.5, 0.6) is 0 Å². The molecule has 0 saturated heterocycles. The van der Waals surface area contributed by atoms with Crippen molar-refractivity contribution < 1.29 is 34.1 Å². The predicted molar refractivity (Wildman–Crippen MR) is 19.9 cm³/mol. The van der Waals surface area contributed by atoms with Crippen LogP contribution in [0, 0.1) is 0 Å². The molecule has 0 aromatic carbocycles. The summed E-state index contributed by atoms with van der Waals surface area (Å²) in [5, 5.41) is 0. The molecule has 0 radical (unpaired) electrons. The van der Waals surface area contributed by atoms with Gasteiger partial charge in [-0.1, -0.05) is 0 Å². The zero-order valence-electron chi connectivity index (χ0n) is 0.707. The van der Waals surface area contributed by atoms with Gasteiger partial charge in [-0.25, -0.2) is 0 Å². The van der Waals surface area contributed by atoms with Crippen LogP contribution in [0.2, 0.25) is 0 Å². The van der Waals surface area contributed by atoms with Crippen molar-refractivity contribution in [2.24, 2.45) is 0 Å². The SMILES string of the molecule is [AlH3].[AlH3].[Fe].[Fe]. The Hall–Kier alpha value is 2.10. The zero-order valence-corrected chi connectivity index (χ0v) is 2.92. The third kappa shape index (κ3) is 8.93. The third-order valence-corrected chi connectivity index (χ3v) is 0. The molecule has 0 heterocycles. The molecule has 0 unspecified atom stereocenters. The molecule has 0 aromatic rings. The Morgan fingerprint density at radius 1 is 0.500 bits per heavy atom. The van der Waals surface area contributed by atoms with Gasteiger partial charge in [0.25, 0.3) is 0 Å². The first-order chi connectivity index (χ1) is 0. The van der Waals surface area contributed by atoms with Crippen LogP contribution < -0.4 is 0 Å². The Labute approximate surface area is 68.3 Å². The fraction of sp³-hybridized carbons (Fsp3) is 0. The maximum Gasteiger partial charge on any atom is 0.187 e. The first kappa shape index (κ1) is 35.9. The van der Waals surface area contributed by atoms with Gasteiger partial charge in [-0.2, -0.15) is 0 Å². The molecule has 28 valence electrons. The topological polar surface area (TPSA) is 0 Å². The van der Waals surface area contributed by atoms with Crippen molar-refractivity contribution in [2.75, 3.05) is 0 Å². The van der Waals surface area contributed by atoms with E-state index in [2.05, 4.69) is 0 Å². The normalized spacial score (nSPS) is 0. The molecular weight excluding hydrogens is 166 g/mol. The molecule has 0 bridgehead atoms. The average molecular weight is 172 g/mol. The molecule has 0 atom stereocenters. The summed E-state index contributed by atoms with van der Waals surface area (Å²) in [7, 11) is 0. The molecule has 4 heavy (non-hydrogen) atoms. The summed E-state index contributed by atoms with van der Waals surface area (Å²) >= 11 is 0. The van der Waals surface area contributed by atoms with Crippen molar-refractivity contribution >= 4 is 34.7 Å². The summed E-state index contributed by atoms with van der Waals surface area (Å²) in [5.41, 5.74) is 0. The van der Waals surface area contributed by atoms with E-state index in [0.717, 1.165) is 0 Å². The summed E-state index contributed by atoms with van der Waals surface area (Å²) in [4.78, 5) is 0. The van der Waals surface area contributed by atoms with Crippen molar-refractivity contribution in [3.8, 4) is 0 Å². The quantitative estimate of drug-likeness (QED) is 0.358. The fourth-order valence-corrected chi connectivity index (χ4v) is 0. The van der Waals surface area contributed by atoms with Crippen molar-refractivity contribution in [1.82, 2.24) is 0 Å². The molecule has 0 nitrogen and oxygen atoms in total. The summed E-state index contributed by atoms with van der Waals surface area (Å²) in [5.74, 6) is 0. The minimum atomic E-state index is 0. The van der Waals surface area contributed by atoms with Gasteiger partial charge in [0, 0.05) is 34.1 Å². The third-order valence-electron chi connectivity index (χ3n) is 0. The standard InChI is InChI=1S/2Al.2Fe.6H. The molecule has 0 amide bonds. The summed E-state index contributed by atoms with van der Waals surface area (Å²) in [6.45, 7) is 0. The van der Waals surface area contributed by atoms with Crippen molar-refractivity contribution in [3.05, 3.63) is 0 Å². The van der Waals surface area contributed by atoms with Crippen molar-refractivity contribution in [3.63, 3.8) is 0 Å².